The van der Waals surface area contributed by atoms with Gasteiger partial charge in [0.25, 0.3) is 0 Å². The maximum atomic E-state index is 5.53. The van der Waals surface area contributed by atoms with Gasteiger partial charge in [0, 0.05) is 5.25 Å². The van der Waals surface area contributed by atoms with Crippen LogP contribution in [0.15, 0.2) is 11.2 Å². The molecule has 0 spiro atoms. The summed E-state index contributed by atoms with van der Waals surface area (Å²) in [6, 6.07) is 0. The molecule has 3 nitrogen and oxygen atoms in total. The second-order valence-corrected chi connectivity index (χ2v) is 4.17. The molecule has 0 saturated heterocycles. The number of halogens is 1. The van der Waals surface area contributed by atoms with Crippen LogP contribution in [0.1, 0.15) is 13.8 Å². The summed E-state index contributed by atoms with van der Waals surface area (Å²) in [4.78, 5) is 3.97. The van der Waals surface area contributed by atoms with Crippen LogP contribution >= 0.6 is 23.4 Å². The number of hydrogen-bond donors (Lipinski definition) is 0. The molecule has 11 heavy (non-hydrogen) atoms. The van der Waals surface area contributed by atoms with E-state index in [-0.39, 0.29) is 5.28 Å². The number of hydrogen-bond acceptors (Lipinski definition) is 4. The highest BCUT2D eigenvalue weighted by molar-refractivity contribution is 7.99. The van der Waals surface area contributed by atoms with Crippen molar-refractivity contribution in [2.24, 2.45) is 0 Å². The van der Waals surface area contributed by atoms with Crippen molar-refractivity contribution in [3.05, 3.63) is 11.5 Å². The largest absolute Gasteiger partial charge is 0.244 e. The van der Waals surface area contributed by atoms with E-state index in [1.54, 1.807) is 18.0 Å². The first-order valence-electron chi connectivity index (χ1n) is 3.20. The van der Waals surface area contributed by atoms with Gasteiger partial charge in [-0.05, 0) is 11.6 Å². The molecular weight excluding hydrogens is 182 g/mol. The van der Waals surface area contributed by atoms with Gasteiger partial charge in [-0.2, -0.15) is 5.10 Å². The van der Waals surface area contributed by atoms with Crippen molar-refractivity contribution in [1.29, 1.82) is 0 Å². The summed E-state index contributed by atoms with van der Waals surface area (Å²) in [6.07, 6.45) is 1.61. The summed E-state index contributed by atoms with van der Waals surface area (Å²) in [5.41, 5.74) is 0. The first-order valence-corrected chi connectivity index (χ1v) is 4.46. The molecule has 0 unspecified atom stereocenters. The van der Waals surface area contributed by atoms with Gasteiger partial charge in [-0.15, -0.1) is 16.9 Å². The normalized spacial score (nSPS) is 10.5. The van der Waals surface area contributed by atoms with Crippen LogP contribution < -0.4 is 0 Å². The third-order valence-electron chi connectivity index (χ3n) is 0.867. The van der Waals surface area contributed by atoms with E-state index in [0.717, 1.165) is 5.03 Å². The second-order valence-electron chi connectivity index (χ2n) is 2.23. The van der Waals surface area contributed by atoms with Gasteiger partial charge in [0.2, 0.25) is 5.28 Å². The summed E-state index contributed by atoms with van der Waals surface area (Å²) in [5.74, 6) is 0. The average Bonchev–Trinajstić information content (AvgIpc) is 1.85. The Hall–Kier alpha value is -0.350. The molecule has 0 aliphatic rings. The molecule has 5 heteroatoms. The average molecular weight is 190 g/mol. The van der Waals surface area contributed by atoms with E-state index in [1.165, 1.54) is 0 Å². The van der Waals surface area contributed by atoms with Crippen LogP contribution in [0.25, 0.3) is 0 Å². The van der Waals surface area contributed by atoms with E-state index >= 15 is 0 Å². The van der Waals surface area contributed by atoms with E-state index in [2.05, 4.69) is 29.0 Å². The van der Waals surface area contributed by atoms with E-state index in [9.17, 15) is 0 Å². The quantitative estimate of drug-likeness (QED) is 0.668. The zero-order valence-corrected chi connectivity index (χ0v) is 7.85. The molecule has 1 heterocycles. The molecule has 60 valence electrons. The minimum atomic E-state index is 0.204. The molecular formula is C6H8ClN3S. The molecule has 0 N–H and O–H groups in total. The molecule has 1 rings (SSSR count). The first kappa shape index (κ1) is 8.74. The Bertz CT molecular complexity index is 241. The monoisotopic (exact) mass is 189 g/mol. The van der Waals surface area contributed by atoms with Crippen LogP contribution in [-0.2, 0) is 0 Å². The predicted molar refractivity (Wildman–Crippen MR) is 45.8 cm³/mol. The topological polar surface area (TPSA) is 38.7 Å². The molecule has 0 radical (unpaired) electrons. The highest BCUT2D eigenvalue weighted by Gasteiger charge is 2.00. The minimum absolute atomic E-state index is 0.204. The number of aromatic nitrogens is 3. The Balaban J connectivity index is 2.71. The van der Waals surface area contributed by atoms with Gasteiger partial charge in [0.05, 0.1) is 6.20 Å². The van der Waals surface area contributed by atoms with Crippen molar-refractivity contribution in [1.82, 2.24) is 15.2 Å². The Morgan fingerprint density at radius 2 is 2.27 bits per heavy atom. The summed E-state index contributed by atoms with van der Waals surface area (Å²) in [7, 11) is 0. The zero-order chi connectivity index (χ0) is 8.27. The number of thioether (sulfide) groups is 1. The maximum absolute atomic E-state index is 5.53. The van der Waals surface area contributed by atoms with Crippen LogP contribution in [-0.4, -0.2) is 20.4 Å². The number of rotatable bonds is 2. The van der Waals surface area contributed by atoms with Gasteiger partial charge in [0.15, 0.2) is 0 Å². The van der Waals surface area contributed by atoms with E-state index in [1.807, 2.05) is 0 Å². The Morgan fingerprint density at radius 3 is 2.82 bits per heavy atom. The first-order chi connectivity index (χ1) is 5.18. The Kier molecular flexibility index (Phi) is 3.08. The molecule has 1 aromatic rings. The lowest BCUT2D eigenvalue weighted by Crippen LogP contribution is -1.92. The van der Waals surface area contributed by atoms with Crippen molar-refractivity contribution < 1.29 is 0 Å². The standard InChI is InChI=1S/C6H8ClN3S/c1-4(2)11-5-3-8-10-6(7)9-5/h3-4H,1-2H3. The molecule has 0 aromatic carbocycles. The lowest BCUT2D eigenvalue weighted by molar-refractivity contribution is 0.900. The maximum Gasteiger partial charge on any atom is 0.244 e. The van der Waals surface area contributed by atoms with Gasteiger partial charge in [-0.1, -0.05) is 13.8 Å². The van der Waals surface area contributed by atoms with Gasteiger partial charge >= 0.3 is 0 Å². The molecule has 0 atom stereocenters. The van der Waals surface area contributed by atoms with Crippen molar-refractivity contribution in [3.63, 3.8) is 0 Å². The lowest BCUT2D eigenvalue weighted by atomic mass is 10.6. The highest BCUT2D eigenvalue weighted by Crippen LogP contribution is 2.19. The molecule has 0 saturated carbocycles. The summed E-state index contributed by atoms with van der Waals surface area (Å²) in [5, 5.41) is 8.72. The van der Waals surface area contributed by atoms with Crippen molar-refractivity contribution in [2.45, 2.75) is 24.1 Å². The van der Waals surface area contributed by atoms with E-state index in [4.69, 9.17) is 11.6 Å². The van der Waals surface area contributed by atoms with E-state index in [0.29, 0.717) is 5.25 Å². The fourth-order valence-corrected chi connectivity index (χ4v) is 1.48. The Morgan fingerprint density at radius 1 is 1.55 bits per heavy atom. The molecule has 0 fully saturated rings. The minimum Gasteiger partial charge on any atom is -0.208 e. The summed E-state index contributed by atoms with van der Waals surface area (Å²) in [6.45, 7) is 4.17. The van der Waals surface area contributed by atoms with Crippen LogP contribution in [0.2, 0.25) is 5.28 Å². The van der Waals surface area contributed by atoms with Crippen molar-refractivity contribution in [2.75, 3.05) is 0 Å². The molecule has 0 amide bonds. The van der Waals surface area contributed by atoms with Gasteiger partial charge < -0.3 is 0 Å². The van der Waals surface area contributed by atoms with Gasteiger partial charge in [-0.3, -0.25) is 0 Å². The van der Waals surface area contributed by atoms with Gasteiger partial charge in [-0.25, -0.2) is 4.98 Å². The molecule has 0 aliphatic heterocycles. The summed E-state index contributed by atoms with van der Waals surface area (Å²) < 4.78 is 0. The van der Waals surface area contributed by atoms with Crippen LogP contribution in [0, 0.1) is 0 Å². The second kappa shape index (κ2) is 3.88. The lowest BCUT2D eigenvalue weighted by Gasteiger charge is -2.01. The predicted octanol–water partition coefficient (Wildman–Crippen LogP) is 2.03. The summed E-state index contributed by atoms with van der Waals surface area (Å²) >= 11 is 7.14. The van der Waals surface area contributed by atoms with Crippen LogP contribution in [0.3, 0.4) is 0 Å². The highest BCUT2D eigenvalue weighted by atomic mass is 35.5. The fourth-order valence-electron chi connectivity index (χ4n) is 0.566. The van der Waals surface area contributed by atoms with Crippen molar-refractivity contribution >= 4 is 23.4 Å². The van der Waals surface area contributed by atoms with Crippen LogP contribution in [0.4, 0.5) is 0 Å². The van der Waals surface area contributed by atoms with Crippen LogP contribution in [0.5, 0.6) is 0 Å². The third-order valence-corrected chi connectivity index (χ3v) is 1.94. The van der Waals surface area contributed by atoms with Gasteiger partial charge in [0.1, 0.15) is 5.03 Å². The molecule has 0 bridgehead atoms. The fraction of sp³-hybridized carbons (Fsp3) is 0.500. The van der Waals surface area contributed by atoms with E-state index < -0.39 is 0 Å². The smallest absolute Gasteiger partial charge is 0.208 e. The molecule has 0 aliphatic carbocycles. The zero-order valence-electron chi connectivity index (χ0n) is 6.28. The number of nitrogens with zero attached hydrogens (tertiary/aromatic N) is 3. The SMILES string of the molecule is CC(C)Sc1cnnc(Cl)n1. The Labute approximate surface area is 74.6 Å². The molecule has 1 aromatic heterocycles. The third kappa shape index (κ3) is 3.03. The van der Waals surface area contributed by atoms with Crippen molar-refractivity contribution in [3.8, 4) is 0 Å².